The van der Waals surface area contributed by atoms with E-state index in [-0.39, 0.29) is 6.10 Å². The summed E-state index contributed by atoms with van der Waals surface area (Å²) in [6.07, 6.45) is 1.89. The van der Waals surface area contributed by atoms with Crippen molar-refractivity contribution in [2.24, 2.45) is 11.8 Å². The minimum Gasteiger partial charge on any atom is -0.392 e. The lowest BCUT2D eigenvalue weighted by Crippen LogP contribution is -2.13. The molecule has 1 heteroatoms. The maximum atomic E-state index is 9.81. The number of rotatable bonds is 3. The Kier molecular flexibility index (Phi) is 2.36. The zero-order valence-electron chi connectivity index (χ0n) is 7.98. The zero-order valence-corrected chi connectivity index (χ0v) is 7.98. The van der Waals surface area contributed by atoms with Crippen molar-refractivity contribution >= 4 is 0 Å². The molecule has 1 aliphatic rings. The molecule has 3 atom stereocenters. The van der Waals surface area contributed by atoms with Gasteiger partial charge in [-0.05, 0) is 30.2 Å². The standard InChI is InChI=1S/C12H16O/c1-9-7-11(9)12(13)8-10-5-3-2-4-6-10/h2-6,9,11-13H,7-8H2,1H3. The second kappa shape index (κ2) is 3.51. The third-order valence-corrected chi connectivity index (χ3v) is 2.95. The maximum absolute atomic E-state index is 9.81. The smallest absolute Gasteiger partial charge is 0.0611 e. The summed E-state index contributed by atoms with van der Waals surface area (Å²) in [6.45, 7) is 2.21. The van der Waals surface area contributed by atoms with E-state index in [0.29, 0.717) is 5.92 Å². The van der Waals surface area contributed by atoms with Gasteiger partial charge in [0.05, 0.1) is 6.10 Å². The van der Waals surface area contributed by atoms with Gasteiger partial charge in [-0.15, -0.1) is 0 Å². The van der Waals surface area contributed by atoms with E-state index < -0.39 is 0 Å². The normalized spacial score (nSPS) is 28.5. The van der Waals surface area contributed by atoms with Crippen molar-refractivity contribution < 1.29 is 5.11 Å². The molecule has 1 aromatic rings. The largest absolute Gasteiger partial charge is 0.392 e. The van der Waals surface area contributed by atoms with Crippen molar-refractivity contribution in [2.45, 2.75) is 25.9 Å². The van der Waals surface area contributed by atoms with E-state index in [1.165, 1.54) is 12.0 Å². The second-order valence-corrected chi connectivity index (χ2v) is 4.13. The Labute approximate surface area is 79.4 Å². The molecular formula is C12H16O. The molecule has 0 spiro atoms. The van der Waals surface area contributed by atoms with Crippen LogP contribution in [0.3, 0.4) is 0 Å². The Hall–Kier alpha value is -0.820. The van der Waals surface area contributed by atoms with Gasteiger partial charge in [-0.3, -0.25) is 0 Å². The molecule has 2 rings (SSSR count). The van der Waals surface area contributed by atoms with E-state index in [4.69, 9.17) is 0 Å². The lowest BCUT2D eigenvalue weighted by molar-refractivity contribution is 0.146. The molecule has 0 heterocycles. The highest BCUT2D eigenvalue weighted by Crippen LogP contribution is 2.41. The van der Waals surface area contributed by atoms with Gasteiger partial charge in [-0.2, -0.15) is 0 Å². The molecule has 0 bridgehead atoms. The number of benzene rings is 1. The van der Waals surface area contributed by atoms with Gasteiger partial charge in [-0.25, -0.2) is 0 Å². The van der Waals surface area contributed by atoms with Crippen molar-refractivity contribution in [3.8, 4) is 0 Å². The quantitative estimate of drug-likeness (QED) is 0.749. The number of hydrogen-bond donors (Lipinski definition) is 1. The van der Waals surface area contributed by atoms with Gasteiger partial charge in [0.1, 0.15) is 0 Å². The Morgan fingerprint density at radius 3 is 2.54 bits per heavy atom. The molecule has 3 unspecified atom stereocenters. The van der Waals surface area contributed by atoms with Gasteiger partial charge in [0.2, 0.25) is 0 Å². The average Bonchev–Trinajstić information content (AvgIpc) is 2.84. The van der Waals surface area contributed by atoms with Crippen LogP contribution in [0.5, 0.6) is 0 Å². The van der Waals surface area contributed by atoms with Crippen molar-refractivity contribution in [2.75, 3.05) is 0 Å². The highest BCUT2D eigenvalue weighted by Gasteiger charge is 2.38. The first kappa shape index (κ1) is 8.76. The first-order chi connectivity index (χ1) is 6.27. The molecule has 1 aliphatic carbocycles. The van der Waals surface area contributed by atoms with Gasteiger partial charge in [0.25, 0.3) is 0 Å². The minimum atomic E-state index is -0.127. The van der Waals surface area contributed by atoms with E-state index in [1.807, 2.05) is 18.2 Å². The zero-order chi connectivity index (χ0) is 9.26. The minimum absolute atomic E-state index is 0.127. The van der Waals surface area contributed by atoms with Crippen molar-refractivity contribution in [1.82, 2.24) is 0 Å². The Morgan fingerprint density at radius 2 is 2.00 bits per heavy atom. The summed E-state index contributed by atoms with van der Waals surface area (Å²) >= 11 is 0. The molecule has 0 saturated heterocycles. The van der Waals surface area contributed by atoms with Crippen LogP contribution in [-0.4, -0.2) is 11.2 Å². The maximum Gasteiger partial charge on any atom is 0.0611 e. The van der Waals surface area contributed by atoms with Crippen molar-refractivity contribution in [3.63, 3.8) is 0 Å². The molecule has 1 N–H and O–H groups in total. The van der Waals surface area contributed by atoms with Gasteiger partial charge in [0, 0.05) is 0 Å². The fourth-order valence-electron chi connectivity index (χ4n) is 1.89. The van der Waals surface area contributed by atoms with Gasteiger partial charge in [-0.1, -0.05) is 37.3 Å². The van der Waals surface area contributed by atoms with Gasteiger partial charge >= 0.3 is 0 Å². The van der Waals surface area contributed by atoms with Crippen LogP contribution in [0.2, 0.25) is 0 Å². The van der Waals surface area contributed by atoms with Crippen LogP contribution in [0, 0.1) is 11.8 Å². The van der Waals surface area contributed by atoms with Crippen LogP contribution in [0.15, 0.2) is 30.3 Å². The highest BCUT2D eigenvalue weighted by atomic mass is 16.3. The topological polar surface area (TPSA) is 20.2 Å². The lowest BCUT2D eigenvalue weighted by Gasteiger charge is -2.09. The number of aliphatic hydroxyl groups excluding tert-OH is 1. The Balaban J connectivity index is 1.91. The molecule has 0 radical (unpaired) electrons. The molecule has 13 heavy (non-hydrogen) atoms. The summed E-state index contributed by atoms with van der Waals surface area (Å²) < 4.78 is 0. The summed E-state index contributed by atoms with van der Waals surface area (Å²) in [5.74, 6) is 1.29. The van der Waals surface area contributed by atoms with Crippen LogP contribution in [0.1, 0.15) is 18.9 Å². The van der Waals surface area contributed by atoms with Crippen LogP contribution in [-0.2, 0) is 6.42 Å². The molecule has 0 aliphatic heterocycles. The van der Waals surface area contributed by atoms with E-state index in [2.05, 4.69) is 19.1 Å². The second-order valence-electron chi connectivity index (χ2n) is 4.13. The van der Waals surface area contributed by atoms with Crippen LogP contribution >= 0.6 is 0 Å². The first-order valence-electron chi connectivity index (χ1n) is 4.99. The van der Waals surface area contributed by atoms with E-state index in [0.717, 1.165) is 12.3 Å². The average molecular weight is 176 g/mol. The van der Waals surface area contributed by atoms with Gasteiger partial charge < -0.3 is 5.11 Å². The van der Waals surface area contributed by atoms with Crippen LogP contribution in [0.4, 0.5) is 0 Å². The Morgan fingerprint density at radius 1 is 1.38 bits per heavy atom. The van der Waals surface area contributed by atoms with Gasteiger partial charge in [0.15, 0.2) is 0 Å². The van der Waals surface area contributed by atoms with Crippen LogP contribution in [0.25, 0.3) is 0 Å². The van der Waals surface area contributed by atoms with E-state index in [1.54, 1.807) is 0 Å². The Bertz CT molecular complexity index is 268. The SMILES string of the molecule is CC1CC1C(O)Cc1ccccc1. The molecule has 70 valence electrons. The molecule has 0 amide bonds. The molecule has 1 aromatic carbocycles. The molecular weight excluding hydrogens is 160 g/mol. The summed E-state index contributed by atoms with van der Waals surface area (Å²) in [5, 5.41) is 9.81. The first-order valence-corrected chi connectivity index (χ1v) is 4.99. The number of aliphatic hydroxyl groups is 1. The van der Waals surface area contributed by atoms with Crippen molar-refractivity contribution in [1.29, 1.82) is 0 Å². The molecule has 1 nitrogen and oxygen atoms in total. The predicted octanol–water partition coefficient (Wildman–Crippen LogP) is 2.25. The summed E-state index contributed by atoms with van der Waals surface area (Å²) in [4.78, 5) is 0. The van der Waals surface area contributed by atoms with E-state index in [9.17, 15) is 5.11 Å². The molecule has 1 fully saturated rings. The monoisotopic (exact) mass is 176 g/mol. The highest BCUT2D eigenvalue weighted by molar-refractivity contribution is 5.16. The molecule has 0 aromatic heterocycles. The van der Waals surface area contributed by atoms with Crippen molar-refractivity contribution in [3.05, 3.63) is 35.9 Å². The summed E-state index contributed by atoms with van der Waals surface area (Å²) in [5.41, 5.74) is 1.24. The van der Waals surface area contributed by atoms with Crippen LogP contribution < -0.4 is 0 Å². The summed E-state index contributed by atoms with van der Waals surface area (Å²) in [7, 11) is 0. The third-order valence-electron chi connectivity index (χ3n) is 2.95. The number of hydrogen-bond acceptors (Lipinski definition) is 1. The lowest BCUT2D eigenvalue weighted by atomic mass is 10.0. The van der Waals surface area contributed by atoms with E-state index >= 15 is 0 Å². The fraction of sp³-hybridized carbons (Fsp3) is 0.500. The fourth-order valence-corrected chi connectivity index (χ4v) is 1.89. The molecule has 1 saturated carbocycles. The third kappa shape index (κ3) is 2.10. The predicted molar refractivity (Wildman–Crippen MR) is 53.4 cm³/mol. The summed E-state index contributed by atoms with van der Waals surface area (Å²) in [6, 6.07) is 10.2.